The molecule has 0 spiro atoms. The monoisotopic (exact) mass is 190 g/mol. The van der Waals surface area contributed by atoms with Crippen LogP contribution < -0.4 is 0 Å². The lowest BCUT2D eigenvalue weighted by Crippen LogP contribution is -1.87. The van der Waals surface area contributed by atoms with Gasteiger partial charge in [-0.25, -0.2) is 4.39 Å². The summed E-state index contributed by atoms with van der Waals surface area (Å²) in [6, 6.07) is 3.03. The van der Waals surface area contributed by atoms with E-state index >= 15 is 0 Å². The highest BCUT2D eigenvalue weighted by atomic mass is 35.5. The van der Waals surface area contributed by atoms with Gasteiger partial charge in [0.1, 0.15) is 5.82 Å². The number of aryl methyl sites for hydroxylation is 1. The Morgan fingerprint density at radius 1 is 1.55 bits per heavy atom. The van der Waals surface area contributed by atoms with Crippen molar-refractivity contribution in [3.05, 3.63) is 34.1 Å². The van der Waals surface area contributed by atoms with E-state index in [1.165, 1.54) is 6.07 Å². The first-order valence-corrected chi connectivity index (χ1v) is 4.21. The van der Waals surface area contributed by atoms with Crippen molar-refractivity contribution >= 4 is 24.2 Å². The number of rotatable bonds is 1. The molecule has 0 fully saturated rings. The highest BCUT2D eigenvalue weighted by Gasteiger charge is 2.03. The van der Waals surface area contributed by atoms with Crippen LogP contribution in [0.2, 0.25) is 5.02 Å². The van der Waals surface area contributed by atoms with E-state index in [0.29, 0.717) is 16.3 Å². The standard InChI is InChI=1S/C8H8ClFS/c1-5-2-7(9)6(4-11)3-8(5)10/h2-3,11H,4H2,1H3. The van der Waals surface area contributed by atoms with Crippen molar-refractivity contribution < 1.29 is 4.39 Å². The van der Waals surface area contributed by atoms with Gasteiger partial charge in [0.05, 0.1) is 0 Å². The summed E-state index contributed by atoms with van der Waals surface area (Å²) in [7, 11) is 0. The quantitative estimate of drug-likeness (QED) is 0.646. The van der Waals surface area contributed by atoms with Crippen LogP contribution in [0.5, 0.6) is 0 Å². The fourth-order valence-corrected chi connectivity index (χ4v) is 1.45. The van der Waals surface area contributed by atoms with Gasteiger partial charge in [0, 0.05) is 10.8 Å². The second-order valence-electron chi connectivity index (χ2n) is 2.35. The first-order chi connectivity index (χ1) is 5.15. The van der Waals surface area contributed by atoms with Gasteiger partial charge in [0.25, 0.3) is 0 Å². The normalized spacial score (nSPS) is 10.2. The van der Waals surface area contributed by atoms with Crippen LogP contribution in [0.25, 0.3) is 0 Å². The molecular weight excluding hydrogens is 183 g/mol. The number of hydrogen-bond acceptors (Lipinski definition) is 1. The van der Waals surface area contributed by atoms with Gasteiger partial charge in [0.2, 0.25) is 0 Å². The predicted octanol–water partition coefficient (Wildman–Crippen LogP) is 3.22. The van der Waals surface area contributed by atoms with Gasteiger partial charge in [0.15, 0.2) is 0 Å². The Kier molecular flexibility index (Phi) is 2.79. The fourth-order valence-electron chi connectivity index (χ4n) is 0.809. The van der Waals surface area contributed by atoms with Gasteiger partial charge in [-0.05, 0) is 30.2 Å². The zero-order valence-electron chi connectivity index (χ0n) is 6.06. The molecule has 0 aliphatic carbocycles. The van der Waals surface area contributed by atoms with Crippen molar-refractivity contribution in [1.29, 1.82) is 0 Å². The summed E-state index contributed by atoms with van der Waals surface area (Å²) < 4.78 is 12.9. The lowest BCUT2D eigenvalue weighted by molar-refractivity contribution is 0.617. The minimum Gasteiger partial charge on any atom is -0.207 e. The Bertz CT molecular complexity index is 273. The highest BCUT2D eigenvalue weighted by Crippen LogP contribution is 2.21. The lowest BCUT2D eigenvalue weighted by atomic mass is 10.1. The largest absolute Gasteiger partial charge is 0.207 e. The molecule has 1 rings (SSSR count). The molecule has 0 N–H and O–H groups in total. The van der Waals surface area contributed by atoms with Crippen LogP contribution in [0, 0.1) is 12.7 Å². The predicted molar refractivity (Wildman–Crippen MR) is 48.8 cm³/mol. The Hall–Kier alpha value is -0.210. The molecule has 0 amide bonds. The van der Waals surface area contributed by atoms with Crippen LogP contribution in [0.4, 0.5) is 4.39 Å². The van der Waals surface area contributed by atoms with Crippen molar-refractivity contribution in [2.24, 2.45) is 0 Å². The average Bonchev–Trinajstić information content (AvgIpc) is 1.97. The van der Waals surface area contributed by atoms with E-state index in [1.807, 2.05) is 0 Å². The van der Waals surface area contributed by atoms with Gasteiger partial charge < -0.3 is 0 Å². The molecule has 0 aliphatic rings. The first kappa shape index (κ1) is 8.88. The van der Waals surface area contributed by atoms with E-state index in [-0.39, 0.29) is 5.82 Å². The number of thiol groups is 1. The molecule has 60 valence electrons. The Labute approximate surface area is 75.8 Å². The van der Waals surface area contributed by atoms with E-state index in [1.54, 1.807) is 13.0 Å². The third-order valence-electron chi connectivity index (χ3n) is 1.50. The van der Waals surface area contributed by atoms with Crippen LogP contribution in [0.15, 0.2) is 12.1 Å². The smallest absolute Gasteiger partial charge is 0.126 e. The second-order valence-corrected chi connectivity index (χ2v) is 3.07. The Morgan fingerprint density at radius 2 is 2.18 bits per heavy atom. The van der Waals surface area contributed by atoms with E-state index < -0.39 is 0 Å². The summed E-state index contributed by atoms with van der Waals surface area (Å²) in [4.78, 5) is 0. The number of hydrogen-bond donors (Lipinski definition) is 1. The van der Waals surface area contributed by atoms with Gasteiger partial charge in [-0.2, -0.15) is 12.6 Å². The van der Waals surface area contributed by atoms with Crippen molar-refractivity contribution in [3.63, 3.8) is 0 Å². The summed E-state index contributed by atoms with van der Waals surface area (Å²) in [6.45, 7) is 1.68. The summed E-state index contributed by atoms with van der Waals surface area (Å²) in [5, 5.41) is 0.582. The first-order valence-electron chi connectivity index (χ1n) is 3.20. The van der Waals surface area contributed by atoms with Crippen LogP contribution in [-0.4, -0.2) is 0 Å². The molecule has 11 heavy (non-hydrogen) atoms. The molecule has 0 radical (unpaired) electrons. The topological polar surface area (TPSA) is 0 Å². The summed E-state index contributed by atoms with van der Waals surface area (Å²) >= 11 is 9.80. The molecule has 1 aromatic rings. The summed E-state index contributed by atoms with van der Waals surface area (Å²) in [5.41, 5.74) is 1.30. The minimum atomic E-state index is -0.224. The van der Waals surface area contributed by atoms with Crippen LogP contribution in [0.1, 0.15) is 11.1 Å². The van der Waals surface area contributed by atoms with Gasteiger partial charge in [-0.1, -0.05) is 11.6 Å². The number of halogens is 2. The lowest BCUT2D eigenvalue weighted by Gasteiger charge is -2.02. The molecule has 3 heteroatoms. The van der Waals surface area contributed by atoms with Crippen molar-refractivity contribution in [3.8, 4) is 0 Å². The van der Waals surface area contributed by atoms with Gasteiger partial charge in [-0.15, -0.1) is 0 Å². The van der Waals surface area contributed by atoms with E-state index in [0.717, 1.165) is 5.56 Å². The van der Waals surface area contributed by atoms with E-state index in [9.17, 15) is 4.39 Å². The fraction of sp³-hybridized carbons (Fsp3) is 0.250. The maximum atomic E-state index is 12.9. The zero-order valence-corrected chi connectivity index (χ0v) is 7.72. The molecule has 0 nitrogen and oxygen atoms in total. The van der Waals surface area contributed by atoms with Crippen LogP contribution in [-0.2, 0) is 5.75 Å². The molecule has 0 saturated heterocycles. The third-order valence-corrected chi connectivity index (χ3v) is 2.19. The van der Waals surface area contributed by atoms with E-state index in [4.69, 9.17) is 11.6 Å². The van der Waals surface area contributed by atoms with Gasteiger partial charge in [-0.3, -0.25) is 0 Å². The molecule has 0 bridgehead atoms. The zero-order chi connectivity index (χ0) is 8.43. The van der Waals surface area contributed by atoms with Crippen LogP contribution >= 0.6 is 24.2 Å². The van der Waals surface area contributed by atoms with Crippen LogP contribution in [0.3, 0.4) is 0 Å². The summed E-state index contributed by atoms with van der Waals surface area (Å²) in [6.07, 6.45) is 0. The Balaban J connectivity index is 3.21. The number of benzene rings is 1. The maximum Gasteiger partial charge on any atom is 0.126 e. The Morgan fingerprint density at radius 3 is 2.73 bits per heavy atom. The molecule has 0 heterocycles. The SMILES string of the molecule is Cc1cc(Cl)c(CS)cc1F. The van der Waals surface area contributed by atoms with E-state index in [2.05, 4.69) is 12.6 Å². The summed E-state index contributed by atoms with van der Waals surface area (Å²) in [5.74, 6) is 0.245. The molecule has 0 unspecified atom stereocenters. The van der Waals surface area contributed by atoms with Crippen molar-refractivity contribution in [1.82, 2.24) is 0 Å². The third kappa shape index (κ3) is 1.88. The molecule has 1 aromatic carbocycles. The van der Waals surface area contributed by atoms with Crippen molar-refractivity contribution in [2.75, 3.05) is 0 Å². The maximum absolute atomic E-state index is 12.9. The minimum absolute atomic E-state index is 0.224. The van der Waals surface area contributed by atoms with Crippen molar-refractivity contribution in [2.45, 2.75) is 12.7 Å². The average molecular weight is 191 g/mol. The molecule has 0 saturated carbocycles. The molecule has 0 aliphatic heterocycles. The second kappa shape index (κ2) is 3.46. The molecular formula is C8H8ClFS. The molecule has 0 aromatic heterocycles. The highest BCUT2D eigenvalue weighted by molar-refractivity contribution is 7.79. The van der Waals surface area contributed by atoms with Gasteiger partial charge >= 0.3 is 0 Å². The molecule has 0 atom stereocenters.